The van der Waals surface area contributed by atoms with Gasteiger partial charge in [-0.2, -0.15) is 0 Å². The second kappa shape index (κ2) is 7.44. The summed E-state index contributed by atoms with van der Waals surface area (Å²) in [5.74, 6) is 1.10. The molecule has 120 valence electrons. The van der Waals surface area contributed by atoms with Crippen molar-refractivity contribution < 1.29 is 0 Å². The number of nitrogens with zero attached hydrogens (tertiary/aromatic N) is 3. The van der Waals surface area contributed by atoms with Crippen LogP contribution in [0.1, 0.15) is 11.1 Å². The van der Waals surface area contributed by atoms with Crippen molar-refractivity contribution in [1.82, 2.24) is 9.88 Å². The molecule has 5 nitrogen and oxygen atoms in total. The summed E-state index contributed by atoms with van der Waals surface area (Å²) in [6, 6.07) is 11.7. The maximum absolute atomic E-state index is 6.24. The van der Waals surface area contributed by atoms with E-state index >= 15 is 0 Å². The highest BCUT2D eigenvalue weighted by Crippen LogP contribution is 2.25. The molecule has 0 radical (unpaired) electrons. The Bertz CT molecular complexity index is 687. The maximum Gasteiger partial charge on any atom is 0.194 e. The highest BCUT2D eigenvalue weighted by Gasteiger charge is 2.17. The van der Waals surface area contributed by atoms with E-state index in [1.165, 1.54) is 11.1 Å². The number of aromatic nitrogens is 1. The summed E-state index contributed by atoms with van der Waals surface area (Å²) < 4.78 is 0. The number of aliphatic imine (C=N–C) groups is 1. The van der Waals surface area contributed by atoms with Crippen LogP contribution in [0.3, 0.4) is 0 Å². The first-order valence-corrected chi connectivity index (χ1v) is 8.07. The first-order chi connectivity index (χ1) is 11.2. The van der Waals surface area contributed by atoms with E-state index in [1.807, 2.05) is 30.3 Å². The smallest absolute Gasteiger partial charge is 0.194 e. The number of hydrogen-bond acceptors (Lipinski definition) is 3. The van der Waals surface area contributed by atoms with Crippen molar-refractivity contribution in [3.8, 4) is 0 Å². The van der Waals surface area contributed by atoms with Gasteiger partial charge in [-0.3, -0.25) is 9.89 Å². The number of nitrogens with two attached hydrogens (primary N) is 1. The molecular weight excluding hydrogens is 310 g/mol. The SMILES string of the molecule is NC(=NCCN1CCc2c(Cl)cccc2C1)Nc1ccccn1. The minimum absolute atomic E-state index is 0.393. The first-order valence-electron chi connectivity index (χ1n) is 7.69. The summed E-state index contributed by atoms with van der Waals surface area (Å²) in [6.45, 7) is 3.44. The summed E-state index contributed by atoms with van der Waals surface area (Å²) in [7, 11) is 0. The Kier molecular flexibility index (Phi) is 5.10. The zero-order valence-corrected chi connectivity index (χ0v) is 13.6. The van der Waals surface area contributed by atoms with Crippen molar-refractivity contribution in [3.05, 3.63) is 58.7 Å². The third-order valence-corrected chi connectivity index (χ3v) is 4.26. The summed E-state index contributed by atoms with van der Waals surface area (Å²) in [4.78, 5) is 10.9. The molecule has 2 aromatic rings. The van der Waals surface area contributed by atoms with E-state index in [1.54, 1.807) is 6.20 Å². The average Bonchev–Trinajstić information content (AvgIpc) is 2.56. The highest BCUT2D eigenvalue weighted by molar-refractivity contribution is 6.31. The van der Waals surface area contributed by atoms with Crippen LogP contribution in [0.5, 0.6) is 0 Å². The Hall–Kier alpha value is -2.11. The van der Waals surface area contributed by atoms with Gasteiger partial charge in [-0.25, -0.2) is 4.98 Å². The van der Waals surface area contributed by atoms with Crippen molar-refractivity contribution in [3.63, 3.8) is 0 Å². The van der Waals surface area contributed by atoms with Crippen LogP contribution in [0.25, 0.3) is 0 Å². The van der Waals surface area contributed by atoms with E-state index in [9.17, 15) is 0 Å². The van der Waals surface area contributed by atoms with Gasteiger partial charge in [0, 0.05) is 30.9 Å². The third kappa shape index (κ3) is 4.21. The maximum atomic E-state index is 6.24. The van der Waals surface area contributed by atoms with Gasteiger partial charge in [-0.05, 0) is 35.7 Å². The average molecular weight is 330 g/mol. The standard InChI is InChI=1S/C17H20ClN5/c18-15-5-3-4-13-12-23(10-7-14(13)15)11-9-21-17(19)22-16-6-1-2-8-20-16/h1-6,8H,7,9-12H2,(H3,19,20,21,22). The molecule has 1 aromatic carbocycles. The molecule has 6 heteroatoms. The van der Waals surface area contributed by atoms with Gasteiger partial charge in [0.2, 0.25) is 0 Å². The lowest BCUT2D eigenvalue weighted by Crippen LogP contribution is -2.33. The van der Waals surface area contributed by atoms with Crippen molar-refractivity contribution in [2.45, 2.75) is 13.0 Å². The molecule has 1 aliphatic heterocycles. The molecule has 2 heterocycles. The Morgan fingerprint density at radius 3 is 3.04 bits per heavy atom. The largest absolute Gasteiger partial charge is 0.370 e. The second-order valence-electron chi connectivity index (χ2n) is 5.51. The van der Waals surface area contributed by atoms with Gasteiger partial charge in [-0.1, -0.05) is 29.8 Å². The van der Waals surface area contributed by atoms with E-state index in [2.05, 4.69) is 26.3 Å². The van der Waals surface area contributed by atoms with Crippen molar-refractivity contribution in [1.29, 1.82) is 0 Å². The van der Waals surface area contributed by atoms with Crippen molar-refractivity contribution in [2.75, 3.05) is 25.0 Å². The lowest BCUT2D eigenvalue weighted by atomic mass is 10.00. The molecule has 0 bridgehead atoms. The Labute approximate surface area is 141 Å². The van der Waals surface area contributed by atoms with Crippen molar-refractivity contribution in [2.24, 2.45) is 10.7 Å². The molecule has 0 aliphatic carbocycles. The number of hydrogen-bond donors (Lipinski definition) is 2. The van der Waals surface area contributed by atoms with Crippen molar-refractivity contribution >= 4 is 23.4 Å². The predicted octanol–water partition coefficient (Wildman–Crippen LogP) is 2.52. The first kappa shape index (κ1) is 15.8. The Morgan fingerprint density at radius 2 is 2.22 bits per heavy atom. The molecule has 0 saturated heterocycles. The number of anilines is 1. The quantitative estimate of drug-likeness (QED) is 0.668. The van der Waals surface area contributed by atoms with Crippen LogP contribution in [0.4, 0.5) is 5.82 Å². The molecule has 3 rings (SSSR count). The topological polar surface area (TPSA) is 66.5 Å². The molecule has 0 spiro atoms. The zero-order chi connectivity index (χ0) is 16.1. The fourth-order valence-electron chi connectivity index (χ4n) is 2.73. The number of benzene rings is 1. The van der Waals surface area contributed by atoms with E-state index < -0.39 is 0 Å². The lowest BCUT2D eigenvalue weighted by molar-refractivity contribution is 0.262. The number of fused-ring (bicyclic) bond motifs is 1. The molecule has 1 aromatic heterocycles. The van der Waals surface area contributed by atoms with E-state index in [4.69, 9.17) is 17.3 Å². The molecule has 1 aliphatic rings. The monoisotopic (exact) mass is 329 g/mol. The molecule has 0 fully saturated rings. The third-order valence-electron chi connectivity index (χ3n) is 3.91. The van der Waals surface area contributed by atoms with Gasteiger partial charge in [0.1, 0.15) is 5.82 Å². The lowest BCUT2D eigenvalue weighted by Gasteiger charge is -2.28. The summed E-state index contributed by atoms with van der Waals surface area (Å²) in [5.41, 5.74) is 8.48. The molecule has 3 N–H and O–H groups in total. The Balaban J connectivity index is 1.50. The minimum Gasteiger partial charge on any atom is -0.370 e. The molecule has 23 heavy (non-hydrogen) atoms. The van der Waals surface area contributed by atoms with E-state index in [-0.39, 0.29) is 0 Å². The molecular formula is C17H20ClN5. The number of guanidine groups is 1. The van der Waals surface area contributed by atoms with Gasteiger partial charge in [0.25, 0.3) is 0 Å². The van der Waals surface area contributed by atoms with E-state index in [0.717, 1.165) is 31.1 Å². The van der Waals surface area contributed by atoms with Crippen LogP contribution >= 0.6 is 11.6 Å². The Morgan fingerprint density at radius 1 is 1.30 bits per heavy atom. The molecule has 0 saturated carbocycles. The van der Waals surface area contributed by atoms with Crippen LogP contribution in [0, 0.1) is 0 Å². The fraction of sp³-hybridized carbons (Fsp3) is 0.294. The number of rotatable bonds is 4. The minimum atomic E-state index is 0.393. The number of pyridine rings is 1. The van der Waals surface area contributed by atoms with Crippen LogP contribution in [-0.2, 0) is 13.0 Å². The van der Waals surface area contributed by atoms with Gasteiger partial charge in [0.05, 0.1) is 6.54 Å². The fourth-order valence-corrected chi connectivity index (χ4v) is 3.02. The van der Waals surface area contributed by atoms with Gasteiger partial charge in [0.15, 0.2) is 5.96 Å². The molecule has 0 amide bonds. The second-order valence-corrected chi connectivity index (χ2v) is 5.92. The van der Waals surface area contributed by atoms with Crippen LogP contribution in [-0.4, -0.2) is 35.5 Å². The number of nitrogens with one attached hydrogen (secondary N) is 1. The van der Waals surface area contributed by atoms with Crippen LogP contribution in [0.15, 0.2) is 47.6 Å². The number of halogens is 1. The van der Waals surface area contributed by atoms with Gasteiger partial charge in [-0.15, -0.1) is 0 Å². The predicted molar refractivity (Wildman–Crippen MR) is 94.8 cm³/mol. The summed E-state index contributed by atoms with van der Waals surface area (Å²) >= 11 is 6.24. The summed E-state index contributed by atoms with van der Waals surface area (Å²) in [6.07, 6.45) is 2.70. The van der Waals surface area contributed by atoms with Crippen LogP contribution in [0.2, 0.25) is 5.02 Å². The highest BCUT2D eigenvalue weighted by atomic mass is 35.5. The molecule has 0 unspecified atom stereocenters. The summed E-state index contributed by atoms with van der Waals surface area (Å²) in [5, 5.41) is 3.86. The van der Waals surface area contributed by atoms with Crippen LogP contribution < -0.4 is 11.1 Å². The van der Waals surface area contributed by atoms with E-state index in [0.29, 0.717) is 18.3 Å². The molecule has 0 atom stereocenters. The van der Waals surface area contributed by atoms with Gasteiger partial charge >= 0.3 is 0 Å². The van der Waals surface area contributed by atoms with Gasteiger partial charge < -0.3 is 11.1 Å². The zero-order valence-electron chi connectivity index (χ0n) is 12.9. The normalized spacial score (nSPS) is 15.3.